The zero-order chi connectivity index (χ0) is 16.1. The highest BCUT2D eigenvalue weighted by atomic mass is 32.2. The van der Waals surface area contributed by atoms with Crippen LogP contribution >= 0.6 is 11.8 Å². The fraction of sp³-hybridized carbons (Fsp3) is 0.176. The van der Waals surface area contributed by atoms with E-state index >= 15 is 0 Å². The van der Waals surface area contributed by atoms with Crippen molar-refractivity contribution in [2.45, 2.75) is 18.6 Å². The molecule has 3 aromatic rings. The van der Waals surface area contributed by atoms with Gasteiger partial charge in [-0.3, -0.25) is 9.78 Å². The van der Waals surface area contributed by atoms with Gasteiger partial charge in [0.15, 0.2) is 16.8 Å². The van der Waals surface area contributed by atoms with Crippen LogP contribution in [0.15, 0.2) is 59.9 Å². The first kappa shape index (κ1) is 15.4. The van der Waals surface area contributed by atoms with Crippen LogP contribution in [0.25, 0.3) is 11.5 Å². The number of benzene rings is 1. The van der Waals surface area contributed by atoms with E-state index in [0.29, 0.717) is 11.3 Å². The molecule has 23 heavy (non-hydrogen) atoms. The van der Waals surface area contributed by atoms with Crippen molar-refractivity contribution in [1.29, 1.82) is 0 Å². The van der Waals surface area contributed by atoms with Gasteiger partial charge >= 0.3 is 0 Å². The molecule has 2 heterocycles. The summed E-state index contributed by atoms with van der Waals surface area (Å²) in [5.74, 6) is 1.15. The van der Waals surface area contributed by atoms with Crippen molar-refractivity contribution < 1.29 is 4.79 Å². The van der Waals surface area contributed by atoms with Crippen molar-refractivity contribution in [3.63, 3.8) is 0 Å². The van der Waals surface area contributed by atoms with Crippen molar-refractivity contribution >= 4 is 17.5 Å². The highest BCUT2D eigenvalue weighted by Crippen LogP contribution is 2.23. The van der Waals surface area contributed by atoms with Crippen molar-refractivity contribution in [1.82, 2.24) is 19.7 Å². The molecule has 116 valence electrons. The number of thioether (sulfide) groups is 1. The molecule has 0 saturated heterocycles. The Hall–Kier alpha value is -2.47. The molecule has 0 fully saturated rings. The Labute approximate surface area is 138 Å². The summed E-state index contributed by atoms with van der Waals surface area (Å²) in [5.41, 5.74) is 1.50. The van der Waals surface area contributed by atoms with Crippen LogP contribution in [0, 0.1) is 0 Å². The molecule has 0 atom stereocenters. The lowest BCUT2D eigenvalue weighted by atomic mass is 10.2. The normalized spacial score (nSPS) is 10.7. The summed E-state index contributed by atoms with van der Waals surface area (Å²) in [5, 5.41) is 9.17. The Balaban J connectivity index is 1.76. The number of ketones is 1. The van der Waals surface area contributed by atoms with Crippen molar-refractivity contribution in [3.8, 4) is 11.5 Å². The number of rotatable bonds is 6. The Bertz CT molecular complexity index is 787. The van der Waals surface area contributed by atoms with Gasteiger partial charge in [-0.05, 0) is 19.1 Å². The Morgan fingerprint density at radius 2 is 1.87 bits per heavy atom. The summed E-state index contributed by atoms with van der Waals surface area (Å²) in [7, 11) is 0. The summed E-state index contributed by atoms with van der Waals surface area (Å²) in [6.07, 6.45) is 1.73. The maximum Gasteiger partial charge on any atom is 0.191 e. The van der Waals surface area contributed by atoms with Crippen molar-refractivity contribution in [3.05, 3.63) is 60.3 Å². The van der Waals surface area contributed by atoms with Crippen LogP contribution in [0.3, 0.4) is 0 Å². The molecule has 5 nitrogen and oxygen atoms in total. The zero-order valence-corrected chi connectivity index (χ0v) is 13.5. The first-order valence-electron chi connectivity index (χ1n) is 7.35. The first-order chi connectivity index (χ1) is 11.3. The quantitative estimate of drug-likeness (QED) is 0.514. The molecular weight excluding hydrogens is 308 g/mol. The lowest BCUT2D eigenvalue weighted by molar-refractivity contribution is 0.102. The smallest absolute Gasteiger partial charge is 0.191 e. The van der Waals surface area contributed by atoms with Gasteiger partial charge in [-0.25, -0.2) is 0 Å². The number of hydrogen-bond acceptors (Lipinski definition) is 5. The van der Waals surface area contributed by atoms with Crippen LogP contribution in [-0.2, 0) is 6.54 Å². The van der Waals surface area contributed by atoms with Crippen LogP contribution in [0.2, 0.25) is 0 Å². The number of aromatic nitrogens is 4. The number of carbonyl (C=O) groups is 1. The van der Waals surface area contributed by atoms with E-state index in [9.17, 15) is 4.79 Å². The second kappa shape index (κ2) is 7.19. The third-order valence-electron chi connectivity index (χ3n) is 3.36. The second-order valence-electron chi connectivity index (χ2n) is 4.84. The Morgan fingerprint density at radius 1 is 1.09 bits per heavy atom. The number of Topliss-reactive ketones (excluding diaryl/α,β-unsaturated/α-hetero) is 1. The van der Waals surface area contributed by atoms with E-state index in [4.69, 9.17) is 0 Å². The monoisotopic (exact) mass is 324 g/mol. The summed E-state index contributed by atoms with van der Waals surface area (Å²) < 4.78 is 1.98. The Morgan fingerprint density at radius 3 is 2.57 bits per heavy atom. The molecule has 1 aromatic carbocycles. The first-order valence-corrected chi connectivity index (χ1v) is 8.34. The zero-order valence-electron chi connectivity index (χ0n) is 12.7. The van der Waals surface area contributed by atoms with Crippen LogP contribution in [-0.4, -0.2) is 31.3 Å². The number of hydrogen-bond donors (Lipinski definition) is 0. The van der Waals surface area contributed by atoms with Gasteiger partial charge in [-0.15, -0.1) is 10.2 Å². The van der Waals surface area contributed by atoms with Gasteiger partial charge in [0, 0.05) is 18.3 Å². The lowest BCUT2D eigenvalue weighted by Crippen LogP contribution is -2.05. The third-order valence-corrected chi connectivity index (χ3v) is 4.32. The van der Waals surface area contributed by atoms with E-state index in [2.05, 4.69) is 15.2 Å². The van der Waals surface area contributed by atoms with Gasteiger partial charge in [0.25, 0.3) is 0 Å². The SMILES string of the molecule is CCn1c(SCC(=O)c2ccccc2)nnc1-c1ccccn1. The summed E-state index contributed by atoms with van der Waals surface area (Å²) >= 11 is 1.40. The van der Waals surface area contributed by atoms with Crippen LogP contribution in [0.5, 0.6) is 0 Å². The highest BCUT2D eigenvalue weighted by Gasteiger charge is 2.15. The molecule has 0 aliphatic rings. The number of carbonyl (C=O) groups excluding carboxylic acids is 1. The molecule has 0 saturated carbocycles. The minimum absolute atomic E-state index is 0.0839. The number of pyridine rings is 1. The van der Waals surface area contributed by atoms with E-state index in [1.165, 1.54) is 11.8 Å². The predicted octanol–water partition coefficient (Wildman–Crippen LogP) is 3.34. The van der Waals surface area contributed by atoms with E-state index in [1.54, 1.807) is 6.20 Å². The van der Waals surface area contributed by atoms with Gasteiger partial charge in [0.05, 0.1) is 5.75 Å². The summed E-state index contributed by atoms with van der Waals surface area (Å²) in [6.45, 7) is 2.75. The maximum atomic E-state index is 12.2. The van der Waals surface area contributed by atoms with Crippen LogP contribution in [0.1, 0.15) is 17.3 Å². The number of nitrogens with zero attached hydrogens (tertiary/aromatic N) is 4. The van der Waals surface area contributed by atoms with Gasteiger partial charge in [-0.2, -0.15) is 0 Å². The average molecular weight is 324 g/mol. The van der Waals surface area contributed by atoms with E-state index in [0.717, 1.165) is 23.2 Å². The van der Waals surface area contributed by atoms with Crippen molar-refractivity contribution in [2.24, 2.45) is 0 Å². The largest absolute Gasteiger partial charge is 0.301 e. The summed E-state index contributed by atoms with van der Waals surface area (Å²) in [6, 6.07) is 15.0. The Kier molecular flexibility index (Phi) is 4.83. The highest BCUT2D eigenvalue weighted by molar-refractivity contribution is 7.99. The summed E-state index contributed by atoms with van der Waals surface area (Å²) in [4.78, 5) is 16.5. The van der Waals surface area contributed by atoms with E-state index in [1.807, 2.05) is 60.0 Å². The second-order valence-corrected chi connectivity index (χ2v) is 5.79. The minimum Gasteiger partial charge on any atom is -0.301 e. The molecule has 6 heteroatoms. The molecule has 0 spiro atoms. The average Bonchev–Trinajstić information content (AvgIpc) is 3.04. The van der Waals surface area contributed by atoms with Gasteiger partial charge < -0.3 is 4.57 Å². The van der Waals surface area contributed by atoms with Gasteiger partial charge in [0.1, 0.15) is 5.69 Å². The molecule has 2 aromatic heterocycles. The lowest BCUT2D eigenvalue weighted by Gasteiger charge is -2.06. The van der Waals surface area contributed by atoms with Gasteiger partial charge in [-0.1, -0.05) is 48.2 Å². The molecule has 0 unspecified atom stereocenters. The minimum atomic E-state index is 0.0839. The van der Waals surface area contributed by atoms with E-state index < -0.39 is 0 Å². The van der Waals surface area contributed by atoms with E-state index in [-0.39, 0.29) is 5.78 Å². The third kappa shape index (κ3) is 3.48. The molecule has 0 aliphatic heterocycles. The van der Waals surface area contributed by atoms with Crippen molar-refractivity contribution in [2.75, 3.05) is 5.75 Å². The molecule has 0 bridgehead atoms. The fourth-order valence-electron chi connectivity index (χ4n) is 2.20. The van der Waals surface area contributed by atoms with Crippen LogP contribution < -0.4 is 0 Å². The standard InChI is InChI=1S/C17H16N4OS/c1-2-21-16(14-10-6-7-11-18-14)19-20-17(21)23-12-15(22)13-8-4-3-5-9-13/h3-11H,2,12H2,1H3. The molecule has 0 aliphatic carbocycles. The molecule has 0 amide bonds. The molecule has 3 rings (SSSR count). The topological polar surface area (TPSA) is 60.7 Å². The fourth-order valence-corrected chi connectivity index (χ4v) is 3.10. The molecule has 0 radical (unpaired) electrons. The predicted molar refractivity (Wildman–Crippen MR) is 90.4 cm³/mol. The maximum absolute atomic E-state index is 12.2. The molecular formula is C17H16N4OS. The molecule has 0 N–H and O–H groups in total. The van der Waals surface area contributed by atoms with Gasteiger partial charge in [0.2, 0.25) is 0 Å². The van der Waals surface area contributed by atoms with Crippen LogP contribution in [0.4, 0.5) is 0 Å².